The van der Waals surface area contributed by atoms with E-state index in [1.54, 1.807) is 0 Å². The Kier molecular flexibility index (Phi) is 3.99. The van der Waals surface area contributed by atoms with Crippen LogP contribution in [0.15, 0.2) is 0 Å². The van der Waals surface area contributed by atoms with Crippen molar-refractivity contribution in [1.29, 1.82) is 0 Å². The fraction of sp³-hybridized carbons (Fsp3) is 0.667. The Morgan fingerprint density at radius 1 is 1.29 bits per heavy atom. The van der Waals surface area contributed by atoms with Gasteiger partial charge >= 0.3 is 0 Å². The molecule has 1 aliphatic rings. The van der Waals surface area contributed by atoms with E-state index < -0.39 is 0 Å². The molecule has 2 rings (SSSR count). The van der Waals surface area contributed by atoms with Crippen LogP contribution >= 0.6 is 12.2 Å². The molecule has 17 heavy (non-hydrogen) atoms. The van der Waals surface area contributed by atoms with Crippen molar-refractivity contribution in [3.63, 3.8) is 0 Å². The lowest BCUT2D eigenvalue weighted by molar-refractivity contribution is 0.415. The van der Waals surface area contributed by atoms with Crippen LogP contribution in [0.1, 0.15) is 43.5 Å². The molecule has 0 amide bonds. The summed E-state index contributed by atoms with van der Waals surface area (Å²) in [4.78, 5) is 0. The average Bonchev–Trinajstić information content (AvgIpc) is 2.62. The normalized spacial score (nSPS) is 16.8. The van der Waals surface area contributed by atoms with Crippen LogP contribution in [0, 0.1) is 13.8 Å². The Morgan fingerprint density at radius 3 is 2.59 bits per heavy atom. The van der Waals surface area contributed by atoms with Crippen molar-refractivity contribution in [2.75, 3.05) is 5.32 Å². The number of H-pyrrole nitrogens is 1. The molecule has 0 aliphatic heterocycles. The van der Waals surface area contributed by atoms with Crippen LogP contribution in [0.5, 0.6) is 0 Å². The summed E-state index contributed by atoms with van der Waals surface area (Å²) in [5.74, 6) is 0. The Morgan fingerprint density at radius 2 is 2.00 bits per heavy atom. The van der Waals surface area contributed by atoms with E-state index >= 15 is 0 Å². The molecule has 0 saturated heterocycles. The number of aryl methyl sites for hydroxylation is 2. The molecule has 0 aromatic carbocycles. The lowest BCUT2D eigenvalue weighted by atomic mass is 9.96. The van der Waals surface area contributed by atoms with Gasteiger partial charge in [-0.2, -0.15) is 5.10 Å². The Bertz CT molecular complexity index is 374. The fourth-order valence-corrected chi connectivity index (χ4v) is 2.59. The first kappa shape index (κ1) is 12.4. The van der Waals surface area contributed by atoms with Crippen molar-refractivity contribution in [3.8, 4) is 0 Å². The summed E-state index contributed by atoms with van der Waals surface area (Å²) in [7, 11) is 0. The van der Waals surface area contributed by atoms with Crippen molar-refractivity contribution in [2.45, 2.75) is 52.0 Å². The topological polar surface area (TPSA) is 52.7 Å². The lowest BCUT2D eigenvalue weighted by Crippen LogP contribution is -2.39. The van der Waals surface area contributed by atoms with Crippen molar-refractivity contribution in [1.82, 2.24) is 15.5 Å². The molecule has 1 aliphatic carbocycles. The molecule has 0 unspecified atom stereocenters. The van der Waals surface area contributed by atoms with Crippen LogP contribution in [0.25, 0.3) is 0 Å². The maximum atomic E-state index is 5.34. The predicted molar refractivity (Wildman–Crippen MR) is 74.3 cm³/mol. The molecule has 0 spiro atoms. The summed E-state index contributed by atoms with van der Waals surface area (Å²) in [6, 6.07) is 0.538. The highest BCUT2D eigenvalue weighted by molar-refractivity contribution is 7.80. The molecule has 1 aromatic heterocycles. The van der Waals surface area contributed by atoms with Gasteiger partial charge in [0.25, 0.3) is 0 Å². The highest BCUT2D eigenvalue weighted by atomic mass is 32.1. The minimum atomic E-state index is 0.538. The van der Waals surface area contributed by atoms with E-state index in [1.165, 1.54) is 32.1 Å². The molecule has 1 fully saturated rings. The van der Waals surface area contributed by atoms with Crippen molar-refractivity contribution >= 4 is 23.0 Å². The molecule has 1 aromatic rings. The second-order valence-electron chi connectivity index (χ2n) is 4.74. The minimum absolute atomic E-state index is 0.538. The van der Waals surface area contributed by atoms with Crippen LogP contribution in [-0.2, 0) is 0 Å². The summed E-state index contributed by atoms with van der Waals surface area (Å²) < 4.78 is 0. The van der Waals surface area contributed by atoms with Gasteiger partial charge in [-0.3, -0.25) is 5.10 Å². The molecule has 1 heterocycles. The molecule has 3 N–H and O–H groups in total. The van der Waals surface area contributed by atoms with Gasteiger partial charge in [0.1, 0.15) is 0 Å². The molecule has 0 bridgehead atoms. The molecule has 0 radical (unpaired) electrons. The Labute approximate surface area is 108 Å². The van der Waals surface area contributed by atoms with Gasteiger partial charge in [0.05, 0.1) is 17.1 Å². The van der Waals surface area contributed by atoms with E-state index in [0.717, 1.165) is 17.1 Å². The monoisotopic (exact) mass is 252 g/mol. The van der Waals surface area contributed by atoms with E-state index in [-0.39, 0.29) is 0 Å². The number of anilines is 1. The number of aromatic amines is 1. The molecule has 1 saturated carbocycles. The van der Waals surface area contributed by atoms with Gasteiger partial charge in [0.15, 0.2) is 5.11 Å². The van der Waals surface area contributed by atoms with Gasteiger partial charge in [0, 0.05) is 6.04 Å². The SMILES string of the molecule is Cc1n[nH]c(C)c1NC(=S)NC1CCCCC1. The van der Waals surface area contributed by atoms with Gasteiger partial charge < -0.3 is 10.6 Å². The van der Waals surface area contributed by atoms with Crippen molar-refractivity contribution < 1.29 is 0 Å². The zero-order valence-electron chi connectivity index (χ0n) is 10.5. The quantitative estimate of drug-likeness (QED) is 0.708. The summed E-state index contributed by atoms with van der Waals surface area (Å²) in [5, 5.41) is 14.4. The van der Waals surface area contributed by atoms with Gasteiger partial charge in [0.2, 0.25) is 0 Å². The third-order valence-electron chi connectivity index (χ3n) is 3.31. The first-order valence-corrected chi connectivity index (χ1v) is 6.66. The molecular formula is C12H20N4S. The Hall–Kier alpha value is -1.10. The lowest BCUT2D eigenvalue weighted by Gasteiger charge is -2.24. The zero-order valence-corrected chi connectivity index (χ0v) is 11.3. The number of nitrogens with zero attached hydrogens (tertiary/aromatic N) is 1. The third kappa shape index (κ3) is 3.19. The van der Waals surface area contributed by atoms with Crippen LogP contribution in [0.3, 0.4) is 0 Å². The summed E-state index contributed by atoms with van der Waals surface area (Å²) >= 11 is 5.34. The standard InChI is InChI=1S/C12H20N4S/c1-8-11(9(2)16-15-8)14-12(17)13-10-6-4-3-5-7-10/h10H,3-7H2,1-2H3,(H,15,16)(H2,13,14,17). The number of hydrogen-bond donors (Lipinski definition) is 3. The summed E-state index contributed by atoms with van der Waals surface area (Å²) in [5.41, 5.74) is 2.98. The van der Waals surface area contributed by atoms with Gasteiger partial charge in [-0.05, 0) is 38.9 Å². The largest absolute Gasteiger partial charge is 0.360 e. The second-order valence-corrected chi connectivity index (χ2v) is 5.15. The fourth-order valence-electron chi connectivity index (χ4n) is 2.32. The minimum Gasteiger partial charge on any atom is -0.360 e. The molecular weight excluding hydrogens is 232 g/mol. The van der Waals surface area contributed by atoms with E-state index in [2.05, 4.69) is 20.8 Å². The van der Waals surface area contributed by atoms with E-state index in [0.29, 0.717) is 11.2 Å². The Balaban J connectivity index is 1.88. The van der Waals surface area contributed by atoms with E-state index in [1.807, 2.05) is 13.8 Å². The third-order valence-corrected chi connectivity index (χ3v) is 3.53. The molecule has 94 valence electrons. The molecule has 4 nitrogen and oxygen atoms in total. The van der Waals surface area contributed by atoms with Gasteiger partial charge in [-0.15, -0.1) is 0 Å². The molecule has 0 atom stereocenters. The zero-order chi connectivity index (χ0) is 12.3. The summed E-state index contributed by atoms with van der Waals surface area (Å²) in [6.07, 6.45) is 6.43. The maximum absolute atomic E-state index is 5.34. The first-order chi connectivity index (χ1) is 8.16. The molecule has 5 heteroatoms. The number of hydrogen-bond acceptors (Lipinski definition) is 2. The van der Waals surface area contributed by atoms with Crippen molar-refractivity contribution in [3.05, 3.63) is 11.4 Å². The van der Waals surface area contributed by atoms with E-state index in [9.17, 15) is 0 Å². The van der Waals surface area contributed by atoms with Crippen LogP contribution < -0.4 is 10.6 Å². The van der Waals surface area contributed by atoms with Gasteiger partial charge in [-0.1, -0.05) is 19.3 Å². The average molecular weight is 252 g/mol. The number of aromatic nitrogens is 2. The van der Waals surface area contributed by atoms with Crippen LogP contribution in [0.2, 0.25) is 0 Å². The second kappa shape index (κ2) is 5.49. The van der Waals surface area contributed by atoms with Crippen molar-refractivity contribution in [2.24, 2.45) is 0 Å². The first-order valence-electron chi connectivity index (χ1n) is 6.26. The van der Waals surface area contributed by atoms with Crippen LogP contribution in [-0.4, -0.2) is 21.4 Å². The summed E-state index contributed by atoms with van der Waals surface area (Å²) in [6.45, 7) is 3.96. The predicted octanol–water partition coefficient (Wildman–Crippen LogP) is 2.65. The maximum Gasteiger partial charge on any atom is 0.171 e. The smallest absolute Gasteiger partial charge is 0.171 e. The number of rotatable bonds is 2. The number of thiocarbonyl (C=S) groups is 1. The highest BCUT2D eigenvalue weighted by Gasteiger charge is 2.15. The van der Waals surface area contributed by atoms with Gasteiger partial charge in [-0.25, -0.2) is 0 Å². The number of nitrogens with one attached hydrogen (secondary N) is 3. The van der Waals surface area contributed by atoms with Crippen LogP contribution in [0.4, 0.5) is 5.69 Å². The highest BCUT2D eigenvalue weighted by Crippen LogP contribution is 2.19. The van der Waals surface area contributed by atoms with E-state index in [4.69, 9.17) is 12.2 Å².